The molecule has 9 heteroatoms. The third kappa shape index (κ3) is 6.36. The lowest BCUT2D eigenvalue weighted by Gasteiger charge is -2.12. The summed E-state index contributed by atoms with van der Waals surface area (Å²) >= 11 is 3.46. The molecule has 0 spiro atoms. The van der Waals surface area contributed by atoms with Gasteiger partial charge >= 0.3 is 5.91 Å². The van der Waals surface area contributed by atoms with E-state index in [1.807, 2.05) is 24.3 Å². The van der Waals surface area contributed by atoms with Crippen LogP contribution in [0.3, 0.4) is 0 Å². The number of nitrogens with one attached hydrogen (secondary N) is 1. The zero-order chi connectivity index (χ0) is 27.1. The summed E-state index contributed by atoms with van der Waals surface area (Å²) in [7, 11) is 1.55. The summed E-state index contributed by atoms with van der Waals surface area (Å²) in [6.07, 6.45) is 3.14. The first-order valence-corrected chi connectivity index (χ1v) is 12.6. The molecule has 0 saturated carbocycles. The van der Waals surface area contributed by atoms with Crippen LogP contribution < -0.4 is 19.6 Å². The van der Waals surface area contributed by atoms with Crippen LogP contribution in [0.2, 0.25) is 0 Å². The summed E-state index contributed by atoms with van der Waals surface area (Å²) in [6, 6.07) is 18.8. The molecule has 1 amide bonds. The maximum absolute atomic E-state index is 12.5. The van der Waals surface area contributed by atoms with Gasteiger partial charge in [-0.2, -0.15) is 5.10 Å². The summed E-state index contributed by atoms with van der Waals surface area (Å²) in [5.74, 6) is 1.94. The highest BCUT2D eigenvalue weighted by atomic mass is 79.9. The number of hydrogen-bond acceptors (Lipinski definition) is 6. The van der Waals surface area contributed by atoms with Gasteiger partial charge in [0.2, 0.25) is 0 Å². The smallest absolute Gasteiger partial charge is 0.307 e. The molecule has 196 valence electrons. The number of aromatic nitrogens is 1. The molecule has 8 nitrogen and oxygen atoms in total. The van der Waals surface area contributed by atoms with E-state index in [0.29, 0.717) is 39.7 Å². The first-order valence-electron chi connectivity index (χ1n) is 11.8. The fourth-order valence-corrected chi connectivity index (χ4v) is 4.39. The molecule has 0 aliphatic carbocycles. The summed E-state index contributed by atoms with van der Waals surface area (Å²) in [4.78, 5) is 12.5. The van der Waals surface area contributed by atoms with Crippen LogP contribution in [0.1, 0.15) is 33.3 Å². The van der Waals surface area contributed by atoms with Gasteiger partial charge in [-0.15, -0.1) is 0 Å². The van der Waals surface area contributed by atoms with Crippen LogP contribution in [0, 0.1) is 13.8 Å². The molecule has 2 aromatic carbocycles. The molecule has 0 fully saturated rings. The fourth-order valence-electron chi connectivity index (χ4n) is 3.82. The van der Waals surface area contributed by atoms with Crippen molar-refractivity contribution < 1.29 is 23.4 Å². The monoisotopic (exact) mass is 577 g/mol. The molecule has 4 rings (SSSR count). The molecule has 0 radical (unpaired) electrons. The summed E-state index contributed by atoms with van der Waals surface area (Å²) in [5.41, 5.74) is 6.56. The number of nitrogens with zero attached hydrogens (tertiary/aromatic N) is 2. The van der Waals surface area contributed by atoms with E-state index >= 15 is 0 Å². The van der Waals surface area contributed by atoms with Gasteiger partial charge in [0.1, 0.15) is 24.7 Å². The molecule has 38 heavy (non-hydrogen) atoms. The van der Waals surface area contributed by atoms with Gasteiger partial charge in [0.15, 0.2) is 17.3 Å². The van der Waals surface area contributed by atoms with Gasteiger partial charge in [-0.1, -0.05) is 12.7 Å². The molecule has 0 atom stereocenters. The fraction of sp³-hybridized carbons (Fsp3) is 0.172. The first kappa shape index (κ1) is 26.8. The van der Waals surface area contributed by atoms with E-state index in [-0.39, 0.29) is 12.4 Å². The molecule has 4 aromatic rings. The van der Waals surface area contributed by atoms with Crippen molar-refractivity contribution in [1.29, 1.82) is 0 Å². The molecule has 0 aliphatic heterocycles. The van der Waals surface area contributed by atoms with Crippen LogP contribution in [0.4, 0.5) is 0 Å². The summed E-state index contributed by atoms with van der Waals surface area (Å²) in [5, 5.41) is 4.02. The Morgan fingerprint density at radius 3 is 2.50 bits per heavy atom. The summed E-state index contributed by atoms with van der Waals surface area (Å²) in [6.45, 7) is 8.31. The van der Waals surface area contributed by atoms with Crippen LogP contribution >= 0.6 is 15.9 Å². The molecule has 0 bridgehead atoms. The van der Waals surface area contributed by atoms with E-state index in [2.05, 4.69) is 63.6 Å². The Balaban J connectivity index is 1.32. The van der Waals surface area contributed by atoms with Gasteiger partial charge in [0.25, 0.3) is 0 Å². The highest BCUT2D eigenvalue weighted by molar-refractivity contribution is 9.10. The van der Waals surface area contributed by atoms with E-state index in [0.717, 1.165) is 5.69 Å². The number of aryl methyl sites for hydroxylation is 2. The Kier molecular flexibility index (Phi) is 8.70. The Bertz CT molecular complexity index is 1430. The predicted octanol–water partition coefficient (Wildman–Crippen LogP) is 6.37. The second kappa shape index (κ2) is 12.3. The number of methoxy groups -OCH3 is 1. The minimum Gasteiger partial charge on any atom is -0.493 e. The Hall–Kier alpha value is -4.24. The molecule has 0 saturated heterocycles. The third-order valence-corrected chi connectivity index (χ3v) is 6.20. The average molecular weight is 578 g/mol. The van der Waals surface area contributed by atoms with Crippen molar-refractivity contribution in [2.75, 3.05) is 13.7 Å². The number of ether oxygens (including phenoxy) is 3. The number of carbonyl (C=O) groups is 1. The third-order valence-electron chi connectivity index (χ3n) is 5.61. The lowest BCUT2D eigenvalue weighted by molar-refractivity contribution is 0.0923. The minimum absolute atomic E-state index is 0.126. The molecular formula is C29H28BrN3O5. The van der Waals surface area contributed by atoms with Gasteiger partial charge < -0.3 is 23.2 Å². The normalized spacial score (nSPS) is 10.9. The van der Waals surface area contributed by atoms with Crippen LogP contribution in [0.5, 0.6) is 17.2 Å². The predicted molar refractivity (Wildman–Crippen MR) is 150 cm³/mol. The Labute approximate surface area is 229 Å². The number of benzene rings is 2. The van der Waals surface area contributed by atoms with Crippen molar-refractivity contribution in [2.24, 2.45) is 5.10 Å². The topological polar surface area (TPSA) is 87.2 Å². The molecule has 1 N–H and O–H groups in total. The number of hydrogen-bond donors (Lipinski definition) is 1. The van der Waals surface area contributed by atoms with E-state index in [4.69, 9.17) is 18.6 Å². The van der Waals surface area contributed by atoms with Gasteiger partial charge in [-0.05, 0) is 96.0 Å². The molecule has 2 heterocycles. The Morgan fingerprint density at radius 2 is 1.82 bits per heavy atom. The first-order chi connectivity index (χ1) is 18.4. The number of halogens is 1. The Morgan fingerprint density at radius 1 is 1.08 bits per heavy atom. The van der Waals surface area contributed by atoms with Gasteiger partial charge in [-0.25, -0.2) is 5.43 Å². The van der Waals surface area contributed by atoms with E-state index < -0.39 is 5.91 Å². The highest BCUT2D eigenvalue weighted by Gasteiger charge is 2.13. The molecular weight excluding hydrogens is 550 g/mol. The zero-order valence-corrected chi connectivity index (χ0v) is 22.9. The average Bonchev–Trinajstić information content (AvgIpc) is 3.53. The maximum atomic E-state index is 12.5. The molecule has 0 aliphatic rings. The summed E-state index contributed by atoms with van der Waals surface area (Å²) < 4.78 is 25.3. The standard InChI is InChI=1S/C29H28BrN3O5/c1-5-14-36-28-25(30)15-21(16-27(28)35-4)17-31-32-29(34)26-13-12-24(38-26)18-37-23-10-8-22(9-11-23)33-19(2)6-7-20(33)3/h5-13,15-17H,1,14,18H2,2-4H3,(H,32,34)/b31-17+. The second-order valence-electron chi connectivity index (χ2n) is 8.33. The number of carbonyl (C=O) groups excluding carboxylic acids is 1. The van der Waals surface area contributed by atoms with Crippen LogP contribution in [-0.2, 0) is 6.61 Å². The minimum atomic E-state index is -0.480. The van der Waals surface area contributed by atoms with Crippen molar-refractivity contribution in [3.05, 3.63) is 106 Å². The van der Waals surface area contributed by atoms with Crippen LogP contribution in [0.25, 0.3) is 5.69 Å². The van der Waals surface area contributed by atoms with Crippen LogP contribution in [0.15, 0.2) is 87.3 Å². The van der Waals surface area contributed by atoms with Crippen molar-refractivity contribution in [1.82, 2.24) is 9.99 Å². The lowest BCUT2D eigenvalue weighted by atomic mass is 10.2. The number of hydrazone groups is 1. The van der Waals surface area contributed by atoms with Gasteiger partial charge in [0.05, 0.1) is 17.8 Å². The van der Waals surface area contributed by atoms with E-state index in [1.54, 1.807) is 37.5 Å². The number of amides is 1. The highest BCUT2D eigenvalue weighted by Crippen LogP contribution is 2.36. The zero-order valence-electron chi connectivity index (χ0n) is 21.4. The van der Waals surface area contributed by atoms with Crippen molar-refractivity contribution in [2.45, 2.75) is 20.5 Å². The quantitative estimate of drug-likeness (QED) is 0.127. The van der Waals surface area contributed by atoms with Crippen molar-refractivity contribution in [3.8, 4) is 22.9 Å². The SMILES string of the molecule is C=CCOc1c(Br)cc(/C=N/NC(=O)c2ccc(COc3ccc(-n4c(C)ccc4C)cc3)o2)cc1OC. The maximum Gasteiger partial charge on any atom is 0.307 e. The van der Waals surface area contributed by atoms with Crippen molar-refractivity contribution >= 4 is 28.1 Å². The molecule has 0 unspecified atom stereocenters. The number of rotatable bonds is 11. The second-order valence-corrected chi connectivity index (χ2v) is 9.19. The number of furan rings is 1. The van der Waals surface area contributed by atoms with E-state index in [9.17, 15) is 4.79 Å². The largest absolute Gasteiger partial charge is 0.493 e. The lowest BCUT2D eigenvalue weighted by Crippen LogP contribution is -2.16. The van der Waals surface area contributed by atoms with Gasteiger partial charge in [-0.3, -0.25) is 4.79 Å². The molecule has 2 aromatic heterocycles. The van der Waals surface area contributed by atoms with Crippen LogP contribution in [-0.4, -0.2) is 30.4 Å². The van der Waals surface area contributed by atoms with E-state index in [1.165, 1.54) is 17.6 Å². The van der Waals surface area contributed by atoms with Gasteiger partial charge in [0, 0.05) is 17.1 Å². The van der Waals surface area contributed by atoms with Crippen molar-refractivity contribution in [3.63, 3.8) is 0 Å².